The average molecular weight is 320 g/mol. The molecular formula is C19H16N2O3. The number of hydrogen-bond donors (Lipinski definition) is 0. The van der Waals surface area contributed by atoms with Crippen molar-refractivity contribution >= 4 is 17.3 Å². The molecular weight excluding hydrogens is 304 g/mol. The van der Waals surface area contributed by atoms with Gasteiger partial charge in [0, 0.05) is 28.5 Å². The van der Waals surface area contributed by atoms with Crippen LogP contribution < -0.4 is 15.3 Å². The molecule has 2 aromatic rings. The smallest absolute Gasteiger partial charge is 0.270 e. The molecule has 120 valence electrons. The SMILES string of the molecule is CC1=C(C)C2(C=c3ccccc3=N2)Oc2c(C)cc([N+](=O)[O-])cc21. The van der Waals surface area contributed by atoms with Gasteiger partial charge in [0.15, 0.2) is 0 Å². The van der Waals surface area contributed by atoms with E-state index < -0.39 is 5.72 Å². The number of benzene rings is 2. The third kappa shape index (κ3) is 1.91. The second-order valence-electron chi connectivity index (χ2n) is 6.26. The van der Waals surface area contributed by atoms with Gasteiger partial charge in [0.1, 0.15) is 5.75 Å². The van der Waals surface area contributed by atoms with Crippen LogP contribution in [0, 0.1) is 17.0 Å². The Hall–Kier alpha value is -2.95. The van der Waals surface area contributed by atoms with E-state index in [0.717, 1.165) is 32.8 Å². The molecule has 1 spiro atoms. The van der Waals surface area contributed by atoms with Crippen LogP contribution >= 0.6 is 0 Å². The fraction of sp³-hybridized carbons (Fsp3) is 0.211. The Bertz CT molecular complexity index is 1020. The molecule has 0 fully saturated rings. The summed E-state index contributed by atoms with van der Waals surface area (Å²) in [6.07, 6.45) is 2.02. The number of nitro groups is 1. The van der Waals surface area contributed by atoms with E-state index in [2.05, 4.69) is 0 Å². The number of nitrogens with zero attached hydrogens (tertiary/aromatic N) is 2. The molecule has 24 heavy (non-hydrogen) atoms. The number of fused-ring (bicyclic) bond motifs is 2. The van der Waals surface area contributed by atoms with Gasteiger partial charge in [-0.25, -0.2) is 4.99 Å². The Balaban J connectivity index is 1.97. The molecule has 0 bridgehead atoms. The summed E-state index contributed by atoms with van der Waals surface area (Å²) >= 11 is 0. The molecule has 0 saturated carbocycles. The molecule has 0 saturated heterocycles. The molecule has 0 N–H and O–H groups in total. The second-order valence-corrected chi connectivity index (χ2v) is 6.26. The molecule has 2 aliphatic rings. The number of allylic oxidation sites excluding steroid dienone is 1. The summed E-state index contributed by atoms with van der Waals surface area (Å²) < 4.78 is 6.31. The lowest BCUT2D eigenvalue weighted by Crippen LogP contribution is -2.35. The maximum Gasteiger partial charge on any atom is 0.270 e. The van der Waals surface area contributed by atoms with Gasteiger partial charge in [0.2, 0.25) is 5.72 Å². The molecule has 0 radical (unpaired) electrons. The van der Waals surface area contributed by atoms with Crippen LogP contribution in [0.3, 0.4) is 0 Å². The zero-order valence-corrected chi connectivity index (χ0v) is 13.7. The van der Waals surface area contributed by atoms with Gasteiger partial charge in [-0.3, -0.25) is 10.1 Å². The molecule has 0 amide bonds. The summed E-state index contributed by atoms with van der Waals surface area (Å²) in [5, 5.41) is 13.1. The first-order valence-corrected chi connectivity index (χ1v) is 7.75. The van der Waals surface area contributed by atoms with E-state index in [9.17, 15) is 10.1 Å². The van der Waals surface area contributed by atoms with Gasteiger partial charge in [0.05, 0.1) is 10.3 Å². The van der Waals surface area contributed by atoms with Crippen molar-refractivity contribution < 1.29 is 9.66 Å². The average Bonchev–Trinajstić information content (AvgIpc) is 2.92. The summed E-state index contributed by atoms with van der Waals surface area (Å²) in [4.78, 5) is 15.6. The Kier molecular flexibility index (Phi) is 2.91. The van der Waals surface area contributed by atoms with Crippen LogP contribution in [0.25, 0.3) is 11.6 Å². The highest BCUT2D eigenvalue weighted by Crippen LogP contribution is 2.45. The van der Waals surface area contributed by atoms with Crippen LogP contribution in [0.5, 0.6) is 5.75 Å². The molecule has 5 nitrogen and oxygen atoms in total. The summed E-state index contributed by atoms with van der Waals surface area (Å²) in [6.45, 7) is 5.77. The fourth-order valence-corrected chi connectivity index (χ4v) is 3.35. The molecule has 4 rings (SSSR count). The highest BCUT2D eigenvalue weighted by Gasteiger charge is 2.40. The predicted molar refractivity (Wildman–Crippen MR) is 91.1 cm³/mol. The lowest BCUT2D eigenvalue weighted by Gasteiger charge is -2.34. The van der Waals surface area contributed by atoms with E-state index in [0.29, 0.717) is 5.75 Å². The minimum atomic E-state index is -0.859. The van der Waals surface area contributed by atoms with Gasteiger partial charge in [-0.05, 0) is 44.1 Å². The first-order valence-electron chi connectivity index (χ1n) is 7.75. The number of aryl methyl sites for hydroxylation is 1. The van der Waals surface area contributed by atoms with Crippen LogP contribution in [0.4, 0.5) is 5.69 Å². The number of hydrogen-bond acceptors (Lipinski definition) is 4. The molecule has 2 aromatic carbocycles. The first-order chi connectivity index (χ1) is 11.4. The van der Waals surface area contributed by atoms with Crippen LogP contribution in [-0.2, 0) is 0 Å². The maximum atomic E-state index is 11.1. The van der Waals surface area contributed by atoms with Gasteiger partial charge in [-0.2, -0.15) is 0 Å². The van der Waals surface area contributed by atoms with Crippen LogP contribution in [0.2, 0.25) is 0 Å². The fourth-order valence-electron chi connectivity index (χ4n) is 3.35. The second kappa shape index (κ2) is 4.77. The lowest BCUT2D eigenvalue weighted by molar-refractivity contribution is -0.385. The van der Waals surface area contributed by atoms with E-state index in [1.807, 2.05) is 51.1 Å². The summed E-state index contributed by atoms with van der Waals surface area (Å²) in [5.74, 6) is 0.663. The molecule has 1 unspecified atom stereocenters. The van der Waals surface area contributed by atoms with Crippen molar-refractivity contribution in [3.8, 4) is 5.75 Å². The summed E-state index contributed by atoms with van der Waals surface area (Å²) in [6, 6.07) is 11.0. The Labute approximate surface area is 138 Å². The Morgan fingerprint density at radius 2 is 1.92 bits per heavy atom. The highest BCUT2D eigenvalue weighted by atomic mass is 16.6. The molecule has 2 heterocycles. The van der Waals surface area contributed by atoms with Crippen molar-refractivity contribution in [2.75, 3.05) is 0 Å². The van der Waals surface area contributed by atoms with Crippen molar-refractivity contribution in [3.63, 3.8) is 0 Å². The standard InChI is InChI=1S/C19H16N2O3/c1-11-8-15(21(22)23)9-16-12(2)13(3)19(24-18(11)16)10-14-6-4-5-7-17(14)20-19/h4-10H,1-3H3. The molecule has 5 heteroatoms. The molecule has 0 aliphatic carbocycles. The maximum absolute atomic E-state index is 11.1. The zero-order valence-electron chi connectivity index (χ0n) is 13.7. The van der Waals surface area contributed by atoms with Gasteiger partial charge < -0.3 is 4.74 Å². The number of nitro benzene ring substituents is 1. The van der Waals surface area contributed by atoms with E-state index in [1.165, 1.54) is 0 Å². The number of ether oxygens (including phenoxy) is 1. The van der Waals surface area contributed by atoms with Crippen molar-refractivity contribution in [1.82, 2.24) is 0 Å². The first kappa shape index (κ1) is 14.6. The van der Waals surface area contributed by atoms with Gasteiger partial charge in [-0.15, -0.1) is 0 Å². The van der Waals surface area contributed by atoms with Crippen molar-refractivity contribution in [2.45, 2.75) is 26.5 Å². The van der Waals surface area contributed by atoms with Gasteiger partial charge in [-0.1, -0.05) is 18.2 Å². The molecule has 0 aromatic heterocycles. The minimum Gasteiger partial charge on any atom is -0.458 e. The Morgan fingerprint density at radius 1 is 1.17 bits per heavy atom. The monoisotopic (exact) mass is 320 g/mol. The van der Waals surface area contributed by atoms with Crippen molar-refractivity contribution in [3.05, 3.63) is 73.8 Å². The van der Waals surface area contributed by atoms with Gasteiger partial charge in [0.25, 0.3) is 5.69 Å². The largest absolute Gasteiger partial charge is 0.458 e. The quantitative estimate of drug-likeness (QED) is 0.599. The minimum absolute atomic E-state index is 0.0774. The highest BCUT2D eigenvalue weighted by molar-refractivity contribution is 5.80. The normalized spacial score (nSPS) is 20.8. The number of rotatable bonds is 1. The lowest BCUT2D eigenvalue weighted by atomic mass is 9.89. The topological polar surface area (TPSA) is 64.7 Å². The van der Waals surface area contributed by atoms with Crippen LogP contribution in [0.1, 0.15) is 25.0 Å². The van der Waals surface area contributed by atoms with E-state index >= 15 is 0 Å². The third-order valence-corrected chi connectivity index (χ3v) is 4.81. The number of non-ortho nitro benzene ring substituents is 1. The molecule has 2 aliphatic heterocycles. The zero-order chi connectivity index (χ0) is 17.1. The van der Waals surface area contributed by atoms with E-state index in [-0.39, 0.29) is 10.6 Å². The number of para-hydroxylation sites is 1. The summed E-state index contributed by atoms with van der Waals surface area (Å²) in [5.41, 5.74) is 2.65. The Morgan fingerprint density at radius 3 is 2.62 bits per heavy atom. The van der Waals surface area contributed by atoms with Crippen LogP contribution in [0.15, 0.2) is 47.0 Å². The van der Waals surface area contributed by atoms with Crippen LogP contribution in [-0.4, -0.2) is 10.6 Å². The molecule has 1 atom stereocenters. The van der Waals surface area contributed by atoms with E-state index in [1.54, 1.807) is 12.1 Å². The van der Waals surface area contributed by atoms with E-state index in [4.69, 9.17) is 9.73 Å². The predicted octanol–water partition coefficient (Wildman–Crippen LogP) is 2.90. The van der Waals surface area contributed by atoms with Crippen molar-refractivity contribution in [1.29, 1.82) is 0 Å². The summed E-state index contributed by atoms with van der Waals surface area (Å²) in [7, 11) is 0. The van der Waals surface area contributed by atoms with Gasteiger partial charge >= 0.3 is 0 Å². The van der Waals surface area contributed by atoms with Crippen molar-refractivity contribution in [2.24, 2.45) is 4.99 Å². The third-order valence-electron chi connectivity index (χ3n) is 4.81.